The summed E-state index contributed by atoms with van der Waals surface area (Å²) in [4.78, 5) is 20.8. The number of nitrogens with one attached hydrogen (secondary N) is 1. The Labute approximate surface area is 110 Å². The van der Waals surface area contributed by atoms with E-state index in [1.807, 2.05) is 5.32 Å². The average molecular weight is 297 g/mol. The molecule has 1 N–H and O–H groups in total. The Kier molecular flexibility index (Phi) is 4.35. The fourth-order valence-electron chi connectivity index (χ4n) is 1.22. The van der Waals surface area contributed by atoms with Crippen LogP contribution in [0.2, 0.25) is 0 Å². The van der Waals surface area contributed by atoms with Crippen LogP contribution < -0.4 is 5.32 Å². The lowest BCUT2D eigenvalue weighted by Crippen LogP contribution is -2.22. The van der Waals surface area contributed by atoms with Gasteiger partial charge in [0.05, 0.1) is 16.2 Å². The van der Waals surface area contributed by atoms with E-state index < -0.39 is 39.3 Å². The van der Waals surface area contributed by atoms with Crippen LogP contribution in [0.3, 0.4) is 0 Å². The normalized spacial score (nSPS) is 12.9. The third-order valence-electron chi connectivity index (χ3n) is 2.14. The van der Waals surface area contributed by atoms with Crippen molar-refractivity contribution in [3.8, 4) is 0 Å². The lowest BCUT2D eigenvalue weighted by Gasteiger charge is -2.14. The SMILES string of the molecule is CC(Cl)C(=O)Nc1ccc([N+](=O)[O-])cc1C(F)(F)F. The van der Waals surface area contributed by atoms with E-state index in [2.05, 4.69) is 0 Å². The van der Waals surface area contributed by atoms with Gasteiger partial charge in [0.2, 0.25) is 5.91 Å². The van der Waals surface area contributed by atoms with Gasteiger partial charge < -0.3 is 5.32 Å². The van der Waals surface area contributed by atoms with Gasteiger partial charge in [-0.1, -0.05) is 0 Å². The van der Waals surface area contributed by atoms with Gasteiger partial charge in [-0.05, 0) is 13.0 Å². The third kappa shape index (κ3) is 3.82. The molecule has 104 valence electrons. The highest BCUT2D eigenvalue weighted by atomic mass is 35.5. The molecule has 0 fully saturated rings. The molecule has 1 amide bonds. The number of hydrogen-bond donors (Lipinski definition) is 1. The molecule has 0 aliphatic heterocycles. The Morgan fingerprint density at radius 2 is 2.05 bits per heavy atom. The molecule has 1 unspecified atom stereocenters. The van der Waals surface area contributed by atoms with E-state index in [0.29, 0.717) is 6.07 Å². The maximum Gasteiger partial charge on any atom is 0.418 e. The summed E-state index contributed by atoms with van der Waals surface area (Å²) in [5.74, 6) is -0.832. The first-order valence-electron chi connectivity index (χ1n) is 4.93. The van der Waals surface area contributed by atoms with Crippen molar-refractivity contribution in [2.45, 2.75) is 18.5 Å². The largest absolute Gasteiger partial charge is 0.418 e. The average Bonchev–Trinajstić information content (AvgIpc) is 2.27. The summed E-state index contributed by atoms with van der Waals surface area (Å²) >= 11 is 5.42. The van der Waals surface area contributed by atoms with Crippen LogP contribution in [0.25, 0.3) is 0 Å². The van der Waals surface area contributed by atoms with Gasteiger partial charge in [0.15, 0.2) is 0 Å². The van der Waals surface area contributed by atoms with E-state index in [4.69, 9.17) is 11.6 Å². The first-order valence-corrected chi connectivity index (χ1v) is 5.37. The molecule has 0 heterocycles. The Bertz CT molecular complexity index is 517. The standard InChI is InChI=1S/C10H8ClF3N2O3/c1-5(11)9(17)15-8-3-2-6(16(18)19)4-7(8)10(12,13)14/h2-5H,1H3,(H,15,17). The summed E-state index contributed by atoms with van der Waals surface area (Å²) < 4.78 is 38.2. The number of hydrogen-bond acceptors (Lipinski definition) is 3. The van der Waals surface area contributed by atoms with E-state index in [1.54, 1.807) is 0 Å². The minimum Gasteiger partial charge on any atom is -0.324 e. The van der Waals surface area contributed by atoms with Crippen LogP contribution >= 0.6 is 11.6 Å². The van der Waals surface area contributed by atoms with E-state index in [1.165, 1.54) is 6.92 Å². The molecule has 9 heteroatoms. The van der Waals surface area contributed by atoms with Crippen molar-refractivity contribution >= 4 is 28.9 Å². The van der Waals surface area contributed by atoms with Gasteiger partial charge in [0.25, 0.3) is 5.69 Å². The predicted molar refractivity (Wildman–Crippen MR) is 62.0 cm³/mol. The third-order valence-corrected chi connectivity index (χ3v) is 2.34. The molecular formula is C10H8ClF3N2O3. The van der Waals surface area contributed by atoms with Crippen LogP contribution in [0.15, 0.2) is 18.2 Å². The highest BCUT2D eigenvalue weighted by molar-refractivity contribution is 6.32. The van der Waals surface area contributed by atoms with Gasteiger partial charge in [0, 0.05) is 12.1 Å². The molecule has 1 rings (SSSR count). The summed E-state index contributed by atoms with van der Waals surface area (Å²) in [5, 5.41) is 11.4. The molecule has 0 aliphatic carbocycles. The molecule has 19 heavy (non-hydrogen) atoms. The summed E-state index contributed by atoms with van der Waals surface area (Å²) in [6.07, 6.45) is -4.83. The summed E-state index contributed by atoms with van der Waals surface area (Å²) in [6, 6.07) is 2.04. The second kappa shape index (κ2) is 5.43. The monoisotopic (exact) mass is 296 g/mol. The molecule has 1 atom stereocenters. The minimum absolute atomic E-state index is 0.356. The molecule has 0 saturated heterocycles. The van der Waals surface area contributed by atoms with Gasteiger partial charge in [-0.3, -0.25) is 14.9 Å². The summed E-state index contributed by atoms with van der Waals surface area (Å²) in [5.41, 5.74) is -2.59. The van der Waals surface area contributed by atoms with Gasteiger partial charge >= 0.3 is 6.18 Å². The number of nitrogens with zero attached hydrogens (tertiary/aromatic N) is 1. The fourth-order valence-corrected chi connectivity index (χ4v) is 1.28. The van der Waals surface area contributed by atoms with Gasteiger partial charge in [-0.15, -0.1) is 11.6 Å². The van der Waals surface area contributed by atoms with Crippen molar-refractivity contribution in [3.05, 3.63) is 33.9 Å². The van der Waals surface area contributed by atoms with E-state index in [-0.39, 0.29) is 0 Å². The number of nitro benzene ring substituents is 1. The lowest BCUT2D eigenvalue weighted by atomic mass is 10.1. The van der Waals surface area contributed by atoms with Crippen molar-refractivity contribution in [2.24, 2.45) is 0 Å². The van der Waals surface area contributed by atoms with Gasteiger partial charge in [0.1, 0.15) is 5.38 Å². The van der Waals surface area contributed by atoms with Crippen molar-refractivity contribution in [1.82, 2.24) is 0 Å². The van der Waals surface area contributed by atoms with E-state index in [9.17, 15) is 28.1 Å². The zero-order valence-corrected chi connectivity index (χ0v) is 10.2. The molecule has 1 aromatic carbocycles. The molecule has 0 aromatic heterocycles. The highest BCUT2D eigenvalue weighted by Crippen LogP contribution is 2.37. The Morgan fingerprint density at radius 1 is 1.47 bits per heavy atom. The molecule has 1 aromatic rings. The molecule has 0 aliphatic rings. The number of alkyl halides is 4. The molecular weight excluding hydrogens is 289 g/mol. The van der Waals surface area contributed by atoms with Crippen LogP contribution in [0.1, 0.15) is 12.5 Å². The lowest BCUT2D eigenvalue weighted by molar-refractivity contribution is -0.385. The first-order chi connectivity index (χ1) is 8.62. The molecule has 5 nitrogen and oxygen atoms in total. The van der Waals surface area contributed by atoms with Crippen molar-refractivity contribution < 1.29 is 22.9 Å². The van der Waals surface area contributed by atoms with Crippen molar-refractivity contribution in [2.75, 3.05) is 5.32 Å². The number of rotatable bonds is 3. The van der Waals surface area contributed by atoms with Gasteiger partial charge in [-0.2, -0.15) is 13.2 Å². The molecule has 0 bridgehead atoms. The quantitative estimate of drug-likeness (QED) is 0.529. The minimum atomic E-state index is -4.83. The zero-order valence-electron chi connectivity index (χ0n) is 9.49. The predicted octanol–water partition coefficient (Wildman–Crippen LogP) is 3.18. The zero-order chi connectivity index (χ0) is 14.8. The number of non-ortho nitro benzene ring substituents is 1. The maximum absolute atomic E-state index is 12.7. The van der Waals surface area contributed by atoms with Crippen LogP contribution in [0.4, 0.5) is 24.5 Å². The fraction of sp³-hybridized carbons (Fsp3) is 0.300. The number of carbonyl (C=O) groups excluding carboxylic acids is 1. The number of anilines is 1. The number of amides is 1. The van der Waals surface area contributed by atoms with Crippen LogP contribution in [0.5, 0.6) is 0 Å². The second-order valence-corrected chi connectivity index (χ2v) is 4.24. The Morgan fingerprint density at radius 3 is 2.47 bits per heavy atom. The number of carbonyl (C=O) groups is 1. The second-order valence-electron chi connectivity index (χ2n) is 3.59. The smallest absolute Gasteiger partial charge is 0.324 e. The van der Waals surface area contributed by atoms with E-state index in [0.717, 1.165) is 12.1 Å². The molecule has 0 spiro atoms. The highest BCUT2D eigenvalue weighted by Gasteiger charge is 2.35. The topological polar surface area (TPSA) is 72.2 Å². The van der Waals surface area contributed by atoms with Crippen LogP contribution in [0, 0.1) is 10.1 Å². The Hall–Kier alpha value is -1.83. The van der Waals surface area contributed by atoms with Crippen molar-refractivity contribution in [3.63, 3.8) is 0 Å². The number of nitro groups is 1. The number of benzene rings is 1. The maximum atomic E-state index is 12.7. The van der Waals surface area contributed by atoms with E-state index >= 15 is 0 Å². The number of halogens is 4. The summed E-state index contributed by atoms with van der Waals surface area (Å²) in [6.45, 7) is 1.29. The first kappa shape index (κ1) is 15.2. The Balaban J connectivity index is 3.24. The van der Waals surface area contributed by atoms with Gasteiger partial charge in [-0.25, -0.2) is 0 Å². The molecule has 0 radical (unpaired) electrons. The van der Waals surface area contributed by atoms with Crippen LogP contribution in [-0.2, 0) is 11.0 Å². The molecule has 0 saturated carbocycles. The van der Waals surface area contributed by atoms with Crippen molar-refractivity contribution in [1.29, 1.82) is 0 Å². The van der Waals surface area contributed by atoms with Crippen LogP contribution in [-0.4, -0.2) is 16.2 Å². The summed E-state index contributed by atoms with van der Waals surface area (Å²) in [7, 11) is 0.